The number of nitrogen functional groups attached to an aromatic ring is 1. The van der Waals surface area contributed by atoms with Gasteiger partial charge in [-0.25, -0.2) is 4.79 Å². The van der Waals surface area contributed by atoms with E-state index in [9.17, 15) is 14.4 Å². The van der Waals surface area contributed by atoms with Crippen molar-refractivity contribution < 1.29 is 23.9 Å². The second-order valence-electron chi connectivity index (χ2n) is 4.32. The molecular formula is C14H20N2O5S. The van der Waals surface area contributed by atoms with Crippen LogP contribution in [0.3, 0.4) is 0 Å². The van der Waals surface area contributed by atoms with Gasteiger partial charge in [0.2, 0.25) is 0 Å². The number of thiophene rings is 1. The number of hydrogen-bond donors (Lipinski definition) is 2. The Kier molecular flexibility index (Phi) is 7.38. The van der Waals surface area contributed by atoms with Gasteiger partial charge in [0.25, 0.3) is 5.91 Å². The molecule has 0 aliphatic carbocycles. The van der Waals surface area contributed by atoms with Crippen molar-refractivity contribution in [3.05, 3.63) is 17.0 Å². The smallest absolute Gasteiger partial charge is 0.328 e. The summed E-state index contributed by atoms with van der Waals surface area (Å²) in [6.45, 7) is 3.83. The molecule has 0 aromatic carbocycles. The van der Waals surface area contributed by atoms with Gasteiger partial charge in [-0.05, 0) is 32.4 Å². The molecular weight excluding hydrogens is 308 g/mol. The van der Waals surface area contributed by atoms with E-state index in [0.717, 1.165) is 11.3 Å². The molecule has 1 amide bonds. The Morgan fingerprint density at radius 2 is 1.91 bits per heavy atom. The lowest BCUT2D eigenvalue weighted by molar-refractivity contribution is -0.146. The average Bonchev–Trinajstić information content (AvgIpc) is 2.90. The summed E-state index contributed by atoms with van der Waals surface area (Å²) in [5.41, 5.74) is 5.57. The van der Waals surface area contributed by atoms with Crippen molar-refractivity contribution in [3.8, 4) is 0 Å². The summed E-state index contributed by atoms with van der Waals surface area (Å²) in [7, 11) is 0. The molecule has 1 aromatic rings. The summed E-state index contributed by atoms with van der Waals surface area (Å²) < 4.78 is 9.72. The van der Waals surface area contributed by atoms with Crippen molar-refractivity contribution in [3.63, 3.8) is 0 Å². The molecule has 3 N–H and O–H groups in total. The molecule has 8 heteroatoms. The van der Waals surface area contributed by atoms with Gasteiger partial charge < -0.3 is 20.5 Å². The molecule has 0 radical (unpaired) electrons. The SMILES string of the molecule is CCOC(=O)CCC(NC(=O)c1ccc(N)s1)C(=O)OCC. The Labute approximate surface area is 132 Å². The first kappa shape index (κ1) is 18.0. The maximum Gasteiger partial charge on any atom is 0.328 e. The molecule has 0 saturated heterocycles. The lowest BCUT2D eigenvalue weighted by atomic mass is 10.1. The third kappa shape index (κ3) is 5.72. The fraction of sp³-hybridized carbons (Fsp3) is 0.500. The first-order valence-electron chi connectivity index (χ1n) is 6.96. The van der Waals surface area contributed by atoms with Crippen LogP contribution in [0.15, 0.2) is 12.1 Å². The van der Waals surface area contributed by atoms with Crippen LogP contribution in [0.25, 0.3) is 0 Å². The van der Waals surface area contributed by atoms with E-state index in [2.05, 4.69) is 5.32 Å². The van der Waals surface area contributed by atoms with Crippen LogP contribution >= 0.6 is 11.3 Å². The van der Waals surface area contributed by atoms with Crippen LogP contribution in [0.5, 0.6) is 0 Å². The second kappa shape index (κ2) is 9.04. The van der Waals surface area contributed by atoms with Crippen molar-refractivity contribution in [1.29, 1.82) is 0 Å². The highest BCUT2D eigenvalue weighted by atomic mass is 32.1. The predicted octanol–water partition coefficient (Wildman–Crippen LogP) is 1.34. The number of amides is 1. The number of nitrogens with two attached hydrogens (primary N) is 1. The summed E-state index contributed by atoms with van der Waals surface area (Å²) in [5.74, 6) is -1.43. The highest BCUT2D eigenvalue weighted by Gasteiger charge is 2.24. The van der Waals surface area contributed by atoms with Gasteiger partial charge in [-0.2, -0.15) is 0 Å². The number of ether oxygens (including phenoxy) is 2. The topological polar surface area (TPSA) is 108 Å². The third-order valence-corrected chi connectivity index (χ3v) is 3.58. The van der Waals surface area contributed by atoms with Crippen LogP contribution in [-0.4, -0.2) is 37.1 Å². The van der Waals surface area contributed by atoms with Crippen LogP contribution in [0, 0.1) is 0 Å². The highest BCUT2D eigenvalue weighted by Crippen LogP contribution is 2.18. The Bertz CT molecular complexity index is 529. The lowest BCUT2D eigenvalue weighted by Gasteiger charge is -2.16. The number of anilines is 1. The van der Waals surface area contributed by atoms with Crippen molar-refractivity contribution in [2.75, 3.05) is 18.9 Å². The molecule has 1 atom stereocenters. The first-order valence-corrected chi connectivity index (χ1v) is 7.78. The molecule has 0 saturated carbocycles. The highest BCUT2D eigenvalue weighted by molar-refractivity contribution is 7.17. The molecule has 0 spiro atoms. The number of rotatable bonds is 8. The van der Waals surface area contributed by atoms with E-state index < -0.39 is 23.9 Å². The molecule has 1 unspecified atom stereocenters. The van der Waals surface area contributed by atoms with Gasteiger partial charge in [0.15, 0.2) is 0 Å². The minimum atomic E-state index is -0.903. The van der Waals surface area contributed by atoms with Gasteiger partial charge in [0, 0.05) is 6.42 Å². The van der Waals surface area contributed by atoms with Crippen molar-refractivity contribution in [1.82, 2.24) is 5.32 Å². The normalized spacial score (nSPS) is 11.5. The average molecular weight is 328 g/mol. The van der Waals surface area contributed by atoms with Crippen molar-refractivity contribution in [2.24, 2.45) is 0 Å². The van der Waals surface area contributed by atoms with Crippen LogP contribution in [-0.2, 0) is 19.1 Å². The summed E-state index contributed by atoms with van der Waals surface area (Å²) in [6, 6.07) is 2.28. The molecule has 1 aromatic heterocycles. The van der Waals surface area contributed by atoms with Gasteiger partial charge in [-0.1, -0.05) is 0 Å². The van der Waals surface area contributed by atoms with E-state index in [-0.39, 0.29) is 26.1 Å². The van der Waals surface area contributed by atoms with Crippen molar-refractivity contribution >= 4 is 34.2 Å². The van der Waals surface area contributed by atoms with Gasteiger partial charge in [0.1, 0.15) is 6.04 Å². The van der Waals surface area contributed by atoms with E-state index in [1.165, 1.54) is 0 Å². The Morgan fingerprint density at radius 3 is 2.45 bits per heavy atom. The maximum absolute atomic E-state index is 12.1. The first-order chi connectivity index (χ1) is 10.5. The number of hydrogen-bond acceptors (Lipinski definition) is 7. The Balaban J connectivity index is 2.66. The molecule has 1 heterocycles. The quantitative estimate of drug-likeness (QED) is 0.697. The zero-order valence-corrected chi connectivity index (χ0v) is 13.4. The lowest BCUT2D eigenvalue weighted by Crippen LogP contribution is -2.42. The number of nitrogens with one attached hydrogen (secondary N) is 1. The minimum Gasteiger partial charge on any atom is -0.466 e. The summed E-state index contributed by atoms with van der Waals surface area (Å²) in [5, 5.41) is 3.07. The molecule has 0 aliphatic heterocycles. The van der Waals surface area contributed by atoms with E-state index in [4.69, 9.17) is 15.2 Å². The largest absolute Gasteiger partial charge is 0.466 e. The molecule has 22 heavy (non-hydrogen) atoms. The third-order valence-electron chi connectivity index (χ3n) is 2.67. The summed E-state index contributed by atoms with van der Waals surface area (Å²) in [4.78, 5) is 35.7. The Hall–Kier alpha value is -2.09. The Morgan fingerprint density at radius 1 is 1.23 bits per heavy atom. The van der Waals surface area contributed by atoms with Crippen LogP contribution in [0.1, 0.15) is 36.4 Å². The van der Waals surface area contributed by atoms with E-state index in [1.807, 2.05) is 0 Å². The van der Waals surface area contributed by atoms with Crippen LogP contribution in [0.4, 0.5) is 5.00 Å². The van der Waals surface area contributed by atoms with Crippen molar-refractivity contribution in [2.45, 2.75) is 32.7 Å². The maximum atomic E-state index is 12.1. The van der Waals surface area contributed by atoms with E-state index in [1.54, 1.807) is 26.0 Å². The zero-order chi connectivity index (χ0) is 16.5. The van der Waals surface area contributed by atoms with E-state index >= 15 is 0 Å². The van der Waals surface area contributed by atoms with E-state index in [0.29, 0.717) is 9.88 Å². The standard InChI is InChI=1S/C14H20N2O5S/c1-3-20-12(17)8-5-9(14(19)21-4-2)16-13(18)10-6-7-11(15)22-10/h6-7,9H,3-5,8,15H2,1-2H3,(H,16,18). The molecule has 0 bridgehead atoms. The summed E-state index contributed by atoms with van der Waals surface area (Å²) in [6.07, 6.45) is 0.133. The zero-order valence-electron chi connectivity index (χ0n) is 12.6. The fourth-order valence-electron chi connectivity index (χ4n) is 1.69. The molecule has 7 nitrogen and oxygen atoms in total. The van der Waals surface area contributed by atoms with Crippen LogP contribution in [0.2, 0.25) is 0 Å². The molecule has 1 rings (SSSR count). The second-order valence-corrected chi connectivity index (χ2v) is 5.44. The molecule has 122 valence electrons. The fourth-order valence-corrected chi connectivity index (χ4v) is 2.37. The van der Waals surface area contributed by atoms with Gasteiger partial charge >= 0.3 is 11.9 Å². The monoisotopic (exact) mass is 328 g/mol. The molecule has 0 fully saturated rings. The number of carbonyl (C=O) groups is 3. The predicted molar refractivity (Wildman–Crippen MR) is 82.5 cm³/mol. The van der Waals surface area contributed by atoms with Crippen LogP contribution < -0.4 is 11.1 Å². The summed E-state index contributed by atoms with van der Waals surface area (Å²) >= 11 is 1.12. The number of esters is 2. The number of carbonyl (C=O) groups excluding carboxylic acids is 3. The minimum absolute atomic E-state index is 0.0180. The van der Waals surface area contributed by atoms with Gasteiger partial charge in [-0.3, -0.25) is 9.59 Å². The van der Waals surface area contributed by atoms with Gasteiger partial charge in [0.05, 0.1) is 23.1 Å². The molecule has 0 aliphatic rings. The van der Waals surface area contributed by atoms with Gasteiger partial charge in [-0.15, -0.1) is 11.3 Å².